The Labute approximate surface area is 152 Å². The number of ketones is 2. The van der Waals surface area contributed by atoms with Crippen molar-refractivity contribution in [1.29, 1.82) is 0 Å². The number of carboxylic acid groups (broad SMARTS) is 1. The van der Waals surface area contributed by atoms with E-state index in [1.54, 1.807) is 13.0 Å². The van der Waals surface area contributed by atoms with Crippen molar-refractivity contribution in [2.24, 2.45) is 16.7 Å². The van der Waals surface area contributed by atoms with Crippen molar-refractivity contribution >= 4 is 23.5 Å². The van der Waals surface area contributed by atoms with Crippen LogP contribution < -0.4 is 0 Å². The van der Waals surface area contributed by atoms with E-state index in [1.165, 1.54) is 0 Å². The first kappa shape index (κ1) is 18.5. The molecule has 1 spiro atoms. The van der Waals surface area contributed by atoms with Gasteiger partial charge < -0.3 is 9.84 Å². The molecule has 1 N–H and O–H groups in total. The Bertz CT molecular complexity index is 767. The fourth-order valence-corrected chi connectivity index (χ4v) is 4.23. The van der Waals surface area contributed by atoms with Gasteiger partial charge in [0, 0.05) is 35.3 Å². The predicted molar refractivity (Wildman–Crippen MR) is 92.2 cm³/mol. The van der Waals surface area contributed by atoms with Crippen LogP contribution in [0.5, 0.6) is 0 Å². The average molecular weight is 360 g/mol. The molecule has 0 saturated heterocycles. The maximum absolute atomic E-state index is 13.0. The van der Waals surface area contributed by atoms with Crippen LogP contribution in [0, 0.1) is 16.7 Å². The SMILES string of the molecule is CC1=C2C(=O)C(C)(COC(=O)CCCC(=O)O)C=C2C(=O)[C@@H](C)C12CC2. The first-order valence-electron chi connectivity index (χ1n) is 9.03. The van der Waals surface area contributed by atoms with Gasteiger partial charge in [0.05, 0.1) is 5.41 Å². The number of allylic oxidation sites excluding steroid dienone is 3. The van der Waals surface area contributed by atoms with Gasteiger partial charge in [0.25, 0.3) is 0 Å². The Morgan fingerprint density at radius 3 is 2.50 bits per heavy atom. The van der Waals surface area contributed by atoms with Crippen LogP contribution in [0.4, 0.5) is 0 Å². The summed E-state index contributed by atoms with van der Waals surface area (Å²) < 4.78 is 5.22. The summed E-state index contributed by atoms with van der Waals surface area (Å²) in [5.74, 6) is -1.76. The van der Waals surface area contributed by atoms with Crippen LogP contribution in [0.25, 0.3) is 0 Å². The summed E-state index contributed by atoms with van der Waals surface area (Å²) >= 11 is 0. The molecule has 3 aliphatic carbocycles. The summed E-state index contributed by atoms with van der Waals surface area (Å²) in [6.07, 6.45) is 3.62. The molecule has 1 saturated carbocycles. The number of hydrogen-bond donors (Lipinski definition) is 1. The lowest BCUT2D eigenvalue weighted by Gasteiger charge is -2.31. The minimum atomic E-state index is -1.04. The minimum Gasteiger partial charge on any atom is -0.481 e. The number of ether oxygens (including phenoxy) is 1. The van der Waals surface area contributed by atoms with Gasteiger partial charge in [0.1, 0.15) is 6.61 Å². The van der Waals surface area contributed by atoms with Gasteiger partial charge in [-0.1, -0.05) is 18.6 Å². The molecule has 26 heavy (non-hydrogen) atoms. The number of rotatable bonds is 6. The van der Waals surface area contributed by atoms with E-state index in [0.717, 1.165) is 18.4 Å². The second-order valence-corrected chi connectivity index (χ2v) is 7.95. The van der Waals surface area contributed by atoms with E-state index in [9.17, 15) is 19.2 Å². The number of hydrogen-bond acceptors (Lipinski definition) is 5. The Morgan fingerprint density at radius 2 is 1.92 bits per heavy atom. The summed E-state index contributed by atoms with van der Waals surface area (Å²) in [5, 5.41) is 8.60. The number of carbonyl (C=O) groups is 4. The quantitative estimate of drug-likeness (QED) is 0.731. The van der Waals surface area contributed by atoms with E-state index in [2.05, 4.69) is 0 Å². The van der Waals surface area contributed by atoms with Gasteiger partial charge >= 0.3 is 11.9 Å². The van der Waals surface area contributed by atoms with Gasteiger partial charge in [-0.2, -0.15) is 0 Å². The third kappa shape index (κ3) is 2.81. The van der Waals surface area contributed by atoms with Gasteiger partial charge in [0.15, 0.2) is 11.6 Å². The van der Waals surface area contributed by atoms with Crippen LogP contribution >= 0.6 is 0 Å². The Morgan fingerprint density at radius 1 is 1.27 bits per heavy atom. The van der Waals surface area contributed by atoms with Crippen molar-refractivity contribution < 1.29 is 29.0 Å². The van der Waals surface area contributed by atoms with Crippen molar-refractivity contribution in [3.05, 3.63) is 22.8 Å². The van der Waals surface area contributed by atoms with Gasteiger partial charge in [-0.05, 0) is 33.1 Å². The Kier molecular flexibility index (Phi) is 4.41. The standard InChI is InChI=1S/C20H24O6/c1-11-16-13(17(24)12(2)20(11)7-8-20)9-19(3,18(16)25)10-26-15(23)6-4-5-14(21)22/h9,12H,4-8,10H2,1-3H3,(H,21,22)/t12-,19?/m1/s1. The molecule has 0 amide bonds. The van der Waals surface area contributed by atoms with Gasteiger partial charge in [0.2, 0.25) is 0 Å². The highest BCUT2D eigenvalue weighted by atomic mass is 16.5. The number of aliphatic carboxylic acids is 1. The fraction of sp³-hybridized carbons (Fsp3) is 0.600. The highest BCUT2D eigenvalue weighted by Crippen LogP contribution is 2.63. The van der Waals surface area contributed by atoms with Crippen LogP contribution in [0.15, 0.2) is 22.8 Å². The average Bonchev–Trinajstić information content (AvgIpc) is 3.33. The minimum absolute atomic E-state index is 0.00601. The Balaban J connectivity index is 1.74. The van der Waals surface area contributed by atoms with Crippen molar-refractivity contribution in [1.82, 2.24) is 0 Å². The molecule has 2 atom stereocenters. The summed E-state index contributed by atoms with van der Waals surface area (Å²) in [5.41, 5.74) is 0.803. The summed E-state index contributed by atoms with van der Waals surface area (Å²) in [6, 6.07) is 0. The van der Waals surface area contributed by atoms with E-state index in [-0.39, 0.29) is 48.8 Å². The van der Waals surface area contributed by atoms with E-state index in [1.807, 2.05) is 13.8 Å². The first-order chi connectivity index (χ1) is 12.1. The predicted octanol–water partition coefficient (Wildman–Crippen LogP) is 2.62. The Hall–Kier alpha value is -2.24. The van der Waals surface area contributed by atoms with E-state index >= 15 is 0 Å². The highest BCUT2D eigenvalue weighted by Gasteiger charge is 2.59. The smallest absolute Gasteiger partial charge is 0.305 e. The summed E-state index contributed by atoms with van der Waals surface area (Å²) in [4.78, 5) is 48.1. The molecule has 0 aromatic rings. The molecule has 0 aromatic heterocycles. The maximum atomic E-state index is 13.0. The van der Waals surface area contributed by atoms with Crippen LogP contribution in [-0.2, 0) is 23.9 Å². The molecule has 0 bridgehead atoms. The zero-order chi connectivity index (χ0) is 19.3. The van der Waals surface area contributed by atoms with E-state index < -0.39 is 17.4 Å². The largest absolute Gasteiger partial charge is 0.481 e. The second-order valence-electron chi connectivity index (χ2n) is 7.95. The number of esters is 1. The molecule has 140 valence electrons. The molecule has 3 aliphatic rings. The van der Waals surface area contributed by atoms with Crippen LogP contribution in [0.2, 0.25) is 0 Å². The number of carbonyl (C=O) groups excluding carboxylic acids is 3. The molecular weight excluding hydrogens is 336 g/mol. The lowest BCUT2D eigenvalue weighted by Crippen LogP contribution is -2.34. The molecule has 3 rings (SSSR count). The molecule has 1 unspecified atom stereocenters. The van der Waals surface area contributed by atoms with E-state index in [4.69, 9.17) is 9.84 Å². The number of fused-ring (bicyclic) bond motifs is 1. The molecule has 0 heterocycles. The number of Topliss-reactive ketones (excluding diaryl/α,β-unsaturated/α-hetero) is 2. The van der Waals surface area contributed by atoms with Gasteiger partial charge in [-0.3, -0.25) is 19.2 Å². The third-order valence-corrected chi connectivity index (χ3v) is 6.18. The van der Waals surface area contributed by atoms with Crippen LogP contribution in [-0.4, -0.2) is 35.2 Å². The molecule has 6 heteroatoms. The highest BCUT2D eigenvalue weighted by molar-refractivity contribution is 6.21. The van der Waals surface area contributed by atoms with Crippen molar-refractivity contribution in [3.8, 4) is 0 Å². The summed E-state index contributed by atoms with van der Waals surface area (Å²) in [6.45, 7) is 5.43. The monoisotopic (exact) mass is 360 g/mol. The zero-order valence-electron chi connectivity index (χ0n) is 15.4. The van der Waals surface area contributed by atoms with Crippen molar-refractivity contribution in [3.63, 3.8) is 0 Å². The first-order valence-corrected chi connectivity index (χ1v) is 9.03. The molecule has 1 fully saturated rings. The molecule has 0 radical (unpaired) electrons. The maximum Gasteiger partial charge on any atom is 0.305 e. The van der Waals surface area contributed by atoms with Crippen molar-refractivity contribution in [2.45, 2.75) is 52.9 Å². The lowest BCUT2D eigenvalue weighted by atomic mass is 9.71. The van der Waals surface area contributed by atoms with Crippen LogP contribution in [0.3, 0.4) is 0 Å². The second kappa shape index (κ2) is 6.18. The number of carboxylic acids is 1. The van der Waals surface area contributed by atoms with Crippen LogP contribution in [0.1, 0.15) is 52.9 Å². The third-order valence-electron chi connectivity index (χ3n) is 6.18. The zero-order valence-corrected chi connectivity index (χ0v) is 15.4. The molecule has 6 nitrogen and oxygen atoms in total. The van der Waals surface area contributed by atoms with E-state index in [0.29, 0.717) is 11.1 Å². The fourth-order valence-electron chi connectivity index (χ4n) is 4.23. The van der Waals surface area contributed by atoms with Gasteiger partial charge in [-0.25, -0.2) is 0 Å². The molecule has 0 aromatic carbocycles. The lowest BCUT2D eigenvalue weighted by molar-refractivity contribution is -0.147. The topological polar surface area (TPSA) is 97.7 Å². The molecule has 0 aliphatic heterocycles. The normalized spacial score (nSPS) is 28.9. The summed E-state index contributed by atoms with van der Waals surface area (Å²) in [7, 11) is 0. The van der Waals surface area contributed by atoms with Gasteiger partial charge in [-0.15, -0.1) is 0 Å². The van der Waals surface area contributed by atoms with Crippen molar-refractivity contribution in [2.75, 3.05) is 6.61 Å². The molecular formula is C20H24O6.